The third-order valence-corrected chi connectivity index (χ3v) is 2.03. The lowest BCUT2D eigenvalue weighted by molar-refractivity contribution is -0.139. The molecular weight excluding hydrogens is 250 g/mol. The fourth-order valence-electron chi connectivity index (χ4n) is 1.25. The fourth-order valence-corrected chi connectivity index (χ4v) is 1.25. The largest absolute Gasteiger partial charge is 0.482 e. The van der Waals surface area contributed by atoms with Gasteiger partial charge in [0.1, 0.15) is 12.4 Å². The van der Waals surface area contributed by atoms with Crippen molar-refractivity contribution in [2.24, 2.45) is 0 Å². The normalized spacial score (nSPS) is 10.3. The van der Waals surface area contributed by atoms with Gasteiger partial charge in [-0.15, -0.1) is 0 Å². The first-order chi connectivity index (χ1) is 8.97. The molecular formula is C13H17NO5. The zero-order valence-electron chi connectivity index (χ0n) is 10.9. The molecule has 1 aromatic rings. The second-order valence-corrected chi connectivity index (χ2v) is 4.12. The van der Waals surface area contributed by atoms with Gasteiger partial charge < -0.3 is 19.9 Å². The molecule has 0 atom stereocenters. The van der Waals surface area contributed by atoms with Crippen molar-refractivity contribution in [2.45, 2.75) is 20.0 Å². The molecule has 0 fully saturated rings. The van der Waals surface area contributed by atoms with Gasteiger partial charge in [0.15, 0.2) is 6.61 Å². The summed E-state index contributed by atoms with van der Waals surface area (Å²) >= 11 is 0. The van der Waals surface area contributed by atoms with E-state index in [1.807, 2.05) is 13.8 Å². The van der Waals surface area contributed by atoms with Crippen LogP contribution in [0, 0.1) is 0 Å². The minimum absolute atomic E-state index is 0.0176. The van der Waals surface area contributed by atoms with Gasteiger partial charge in [0.05, 0.1) is 6.10 Å². The molecule has 0 heterocycles. The highest BCUT2D eigenvalue weighted by molar-refractivity contribution is 5.91. The lowest BCUT2D eigenvalue weighted by atomic mass is 10.3. The van der Waals surface area contributed by atoms with Crippen molar-refractivity contribution in [3.8, 4) is 5.75 Å². The Morgan fingerprint density at radius 3 is 2.68 bits per heavy atom. The lowest BCUT2D eigenvalue weighted by Crippen LogP contribution is -2.20. The van der Waals surface area contributed by atoms with E-state index in [0.717, 1.165) is 0 Å². The number of carboxylic acid groups (broad SMARTS) is 1. The Hall–Kier alpha value is -2.08. The van der Waals surface area contributed by atoms with E-state index in [0.29, 0.717) is 11.4 Å². The molecule has 6 nitrogen and oxygen atoms in total. The van der Waals surface area contributed by atoms with Crippen molar-refractivity contribution in [2.75, 3.05) is 18.5 Å². The van der Waals surface area contributed by atoms with Crippen LogP contribution >= 0.6 is 0 Å². The Labute approximate surface area is 111 Å². The number of hydrogen-bond donors (Lipinski definition) is 2. The number of anilines is 1. The maximum absolute atomic E-state index is 11.5. The SMILES string of the molecule is CC(C)OCC(=O)Nc1cccc(OCC(=O)O)c1. The highest BCUT2D eigenvalue weighted by Crippen LogP contribution is 2.17. The van der Waals surface area contributed by atoms with Crippen molar-refractivity contribution in [1.82, 2.24) is 0 Å². The molecule has 19 heavy (non-hydrogen) atoms. The molecule has 6 heteroatoms. The summed E-state index contributed by atoms with van der Waals surface area (Å²) in [4.78, 5) is 21.9. The Morgan fingerprint density at radius 1 is 1.32 bits per heavy atom. The molecule has 0 unspecified atom stereocenters. The predicted molar refractivity (Wildman–Crippen MR) is 69.3 cm³/mol. The second kappa shape index (κ2) is 7.38. The summed E-state index contributed by atoms with van der Waals surface area (Å²) < 4.78 is 10.2. The number of ether oxygens (including phenoxy) is 2. The summed E-state index contributed by atoms with van der Waals surface area (Å²) in [6, 6.07) is 6.51. The van der Waals surface area contributed by atoms with Crippen molar-refractivity contribution >= 4 is 17.6 Å². The van der Waals surface area contributed by atoms with Crippen LogP contribution in [0.15, 0.2) is 24.3 Å². The molecule has 1 amide bonds. The Balaban J connectivity index is 2.51. The quantitative estimate of drug-likeness (QED) is 0.782. The molecule has 104 valence electrons. The number of nitrogens with one attached hydrogen (secondary N) is 1. The monoisotopic (exact) mass is 267 g/mol. The summed E-state index contributed by atoms with van der Waals surface area (Å²) in [6.45, 7) is 3.23. The maximum Gasteiger partial charge on any atom is 0.341 e. The van der Waals surface area contributed by atoms with Crippen LogP contribution in [0.5, 0.6) is 5.75 Å². The summed E-state index contributed by atoms with van der Waals surface area (Å²) in [5.74, 6) is -0.950. The van der Waals surface area contributed by atoms with Crippen LogP contribution in [0.3, 0.4) is 0 Å². The van der Waals surface area contributed by atoms with Crippen LogP contribution in [0.1, 0.15) is 13.8 Å². The van der Waals surface area contributed by atoms with Gasteiger partial charge >= 0.3 is 5.97 Å². The van der Waals surface area contributed by atoms with Gasteiger partial charge in [-0.2, -0.15) is 0 Å². The summed E-state index contributed by atoms with van der Waals surface area (Å²) in [7, 11) is 0. The zero-order valence-corrected chi connectivity index (χ0v) is 10.9. The molecule has 2 N–H and O–H groups in total. The third kappa shape index (κ3) is 6.42. The first-order valence-corrected chi connectivity index (χ1v) is 5.83. The molecule has 0 saturated carbocycles. The Morgan fingerprint density at radius 2 is 2.05 bits per heavy atom. The van der Waals surface area contributed by atoms with Crippen LogP contribution < -0.4 is 10.1 Å². The molecule has 0 radical (unpaired) electrons. The minimum atomic E-state index is -1.06. The first-order valence-electron chi connectivity index (χ1n) is 5.83. The molecule has 0 bridgehead atoms. The number of amides is 1. The van der Waals surface area contributed by atoms with Gasteiger partial charge in [0.25, 0.3) is 0 Å². The molecule has 0 aliphatic heterocycles. The molecule has 1 rings (SSSR count). The number of aliphatic carboxylic acids is 1. The van der Waals surface area contributed by atoms with Crippen molar-refractivity contribution in [3.05, 3.63) is 24.3 Å². The molecule has 0 saturated heterocycles. The molecule has 1 aromatic carbocycles. The lowest BCUT2D eigenvalue weighted by Gasteiger charge is -2.09. The Kier molecular flexibility index (Phi) is 5.81. The van der Waals surface area contributed by atoms with Gasteiger partial charge in [-0.1, -0.05) is 6.07 Å². The average Bonchev–Trinajstić information content (AvgIpc) is 2.34. The van der Waals surface area contributed by atoms with E-state index >= 15 is 0 Å². The molecule has 0 aliphatic rings. The topological polar surface area (TPSA) is 84.9 Å². The highest BCUT2D eigenvalue weighted by Gasteiger charge is 2.05. The van der Waals surface area contributed by atoms with Crippen LogP contribution in [0.25, 0.3) is 0 Å². The smallest absolute Gasteiger partial charge is 0.341 e. The van der Waals surface area contributed by atoms with E-state index in [2.05, 4.69) is 5.32 Å². The summed E-state index contributed by atoms with van der Waals surface area (Å²) in [6.07, 6.45) is -0.0176. The van der Waals surface area contributed by atoms with E-state index in [1.165, 1.54) is 0 Å². The van der Waals surface area contributed by atoms with Gasteiger partial charge in [-0.25, -0.2) is 4.79 Å². The van der Waals surface area contributed by atoms with E-state index in [9.17, 15) is 9.59 Å². The van der Waals surface area contributed by atoms with Crippen LogP contribution in [0.4, 0.5) is 5.69 Å². The van der Waals surface area contributed by atoms with Gasteiger partial charge in [-0.3, -0.25) is 4.79 Å². The van der Waals surface area contributed by atoms with Crippen LogP contribution in [-0.2, 0) is 14.3 Å². The number of carbonyl (C=O) groups excluding carboxylic acids is 1. The van der Waals surface area contributed by atoms with Gasteiger partial charge in [-0.05, 0) is 26.0 Å². The molecule has 0 aliphatic carbocycles. The van der Waals surface area contributed by atoms with E-state index in [1.54, 1.807) is 24.3 Å². The second-order valence-electron chi connectivity index (χ2n) is 4.12. The van der Waals surface area contributed by atoms with E-state index in [-0.39, 0.29) is 18.6 Å². The average molecular weight is 267 g/mol. The van der Waals surface area contributed by atoms with Crippen LogP contribution in [0.2, 0.25) is 0 Å². The first kappa shape index (κ1) is 15.0. The van der Waals surface area contributed by atoms with Crippen molar-refractivity contribution in [3.63, 3.8) is 0 Å². The summed E-state index contributed by atoms with van der Waals surface area (Å²) in [5.41, 5.74) is 0.528. The predicted octanol–water partition coefficient (Wildman–Crippen LogP) is 1.51. The fraction of sp³-hybridized carbons (Fsp3) is 0.385. The number of benzene rings is 1. The van der Waals surface area contributed by atoms with Crippen LogP contribution in [-0.4, -0.2) is 36.3 Å². The van der Waals surface area contributed by atoms with E-state index < -0.39 is 12.6 Å². The molecule has 0 spiro atoms. The van der Waals surface area contributed by atoms with Crippen molar-refractivity contribution in [1.29, 1.82) is 0 Å². The number of rotatable bonds is 7. The zero-order chi connectivity index (χ0) is 14.3. The summed E-state index contributed by atoms with van der Waals surface area (Å²) in [5, 5.41) is 11.1. The number of carbonyl (C=O) groups is 2. The van der Waals surface area contributed by atoms with Gasteiger partial charge in [0, 0.05) is 11.8 Å². The van der Waals surface area contributed by atoms with E-state index in [4.69, 9.17) is 14.6 Å². The highest BCUT2D eigenvalue weighted by atomic mass is 16.5. The number of hydrogen-bond acceptors (Lipinski definition) is 4. The number of carboxylic acids is 1. The molecule has 0 aromatic heterocycles. The minimum Gasteiger partial charge on any atom is -0.482 e. The Bertz CT molecular complexity index is 444. The van der Waals surface area contributed by atoms with Crippen molar-refractivity contribution < 1.29 is 24.2 Å². The standard InChI is InChI=1S/C13H17NO5/c1-9(2)18-7-12(15)14-10-4-3-5-11(6-10)19-8-13(16)17/h3-6,9H,7-8H2,1-2H3,(H,14,15)(H,16,17). The maximum atomic E-state index is 11.5. The van der Waals surface area contributed by atoms with Gasteiger partial charge in [0.2, 0.25) is 5.91 Å². The third-order valence-electron chi connectivity index (χ3n) is 2.03.